The largest absolute Gasteiger partial charge is 0.496 e. The third-order valence-corrected chi connectivity index (χ3v) is 3.06. The highest BCUT2D eigenvalue weighted by Crippen LogP contribution is 2.43. The number of rotatable bonds is 5. The van der Waals surface area contributed by atoms with E-state index < -0.39 is 53.2 Å². The molecule has 0 saturated carbocycles. The standard InChI is InChI=1S/C14H15F6NO3.ClH/c1-3-24-11(22)6-9(21)12-8(14(18,19)20)4-7(13(15,16)17)5-10(12)23-2;/h4-5,9H,3,6,21H2,1-2H3;1H/t9-;/m0./s1. The van der Waals surface area contributed by atoms with Gasteiger partial charge < -0.3 is 15.2 Å². The number of carbonyl (C=O) groups is 1. The third kappa shape index (κ3) is 5.96. The molecule has 1 rings (SSSR count). The first-order valence-corrected chi connectivity index (χ1v) is 6.69. The zero-order valence-corrected chi connectivity index (χ0v) is 13.9. The van der Waals surface area contributed by atoms with Crippen molar-refractivity contribution in [1.29, 1.82) is 0 Å². The van der Waals surface area contributed by atoms with Gasteiger partial charge in [-0.05, 0) is 19.1 Å². The molecule has 0 amide bonds. The number of hydrogen-bond donors (Lipinski definition) is 1. The summed E-state index contributed by atoms with van der Waals surface area (Å²) in [6.07, 6.45) is -10.8. The van der Waals surface area contributed by atoms with E-state index in [1.165, 1.54) is 6.92 Å². The van der Waals surface area contributed by atoms with Crippen LogP contribution in [-0.4, -0.2) is 19.7 Å². The quantitative estimate of drug-likeness (QED) is 0.602. The fraction of sp³-hybridized carbons (Fsp3) is 0.500. The van der Waals surface area contributed by atoms with Gasteiger partial charge in [-0.2, -0.15) is 26.3 Å². The maximum Gasteiger partial charge on any atom is 0.416 e. The summed E-state index contributed by atoms with van der Waals surface area (Å²) < 4.78 is 87.2. The van der Waals surface area contributed by atoms with Gasteiger partial charge in [0, 0.05) is 11.6 Å². The van der Waals surface area contributed by atoms with E-state index in [2.05, 4.69) is 9.47 Å². The summed E-state index contributed by atoms with van der Waals surface area (Å²) >= 11 is 0. The van der Waals surface area contributed by atoms with Crippen LogP contribution in [0.15, 0.2) is 12.1 Å². The molecule has 0 aliphatic rings. The van der Waals surface area contributed by atoms with E-state index in [1.807, 2.05) is 0 Å². The Balaban J connectivity index is 0.00000576. The molecule has 0 fully saturated rings. The molecule has 1 atom stereocenters. The average molecular weight is 396 g/mol. The van der Waals surface area contributed by atoms with E-state index >= 15 is 0 Å². The molecule has 4 nitrogen and oxygen atoms in total. The molecule has 0 aliphatic heterocycles. The Morgan fingerprint density at radius 1 is 1.16 bits per heavy atom. The van der Waals surface area contributed by atoms with Crippen LogP contribution in [-0.2, 0) is 21.9 Å². The van der Waals surface area contributed by atoms with Crippen LogP contribution in [0, 0.1) is 0 Å². The smallest absolute Gasteiger partial charge is 0.416 e. The minimum absolute atomic E-state index is 0. The number of esters is 1. The van der Waals surface area contributed by atoms with Crippen molar-refractivity contribution in [3.05, 3.63) is 28.8 Å². The van der Waals surface area contributed by atoms with Gasteiger partial charge in [-0.1, -0.05) is 0 Å². The first-order valence-electron chi connectivity index (χ1n) is 6.69. The van der Waals surface area contributed by atoms with Crippen molar-refractivity contribution in [3.8, 4) is 5.75 Å². The van der Waals surface area contributed by atoms with Gasteiger partial charge in [0.2, 0.25) is 0 Å². The lowest BCUT2D eigenvalue weighted by atomic mass is 9.94. The van der Waals surface area contributed by atoms with Crippen LogP contribution < -0.4 is 10.5 Å². The van der Waals surface area contributed by atoms with Crippen molar-refractivity contribution >= 4 is 18.4 Å². The number of halogens is 7. The van der Waals surface area contributed by atoms with Crippen LogP contribution in [0.1, 0.15) is 36.1 Å². The van der Waals surface area contributed by atoms with Crippen molar-refractivity contribution in [3.63, 3.8) is 0 Å². The Hall–Kier alpha value is -1.68. The summed E-state index contributed by atoms with van der Waals surface area (Å²) in [6, 6.07) is -1.18. The van der Waals surface area contributed by atoms with E-state index in [0.717, 1.165) is 7.11 Å². The summed E-state index contributed by atoms with van der Waals surface area (Å²) in [5.74, 6) is -1.57. The molecule has 0 bridgehead atoms. The number of benzene rings is 1. The zero-order chi connectivity index (χ0) is 18.7. The van der Waals surface area contributed by atoms with Crippen molar-refractivity contribution in [2.24, 2.45) is 5.73 Å². The zero-order valence-electron chi connectivity index (χ0n) is 13.1. The lowest BCUT2D eigenvalue weighted by Gasteiger charge is -2.22. The number of methoxy groups -OCH3 is 1. The van der Waals surface area contributed by atoms with Crippen molar-refractivity contribution in [2.45, 2.75) is 31.7 Å². The molecule has 0 heterocycles. The summed E-state index contributed by atoms with van der Waals surface area (Å²) in [7, 11) is 0.913. The number of nitrogens with two attached hydrogens (primary N) is 1. The van der Waals surface area contributed by atoms with E-state index in [1.54, 1.807) is 0 Å². The van der Waals surface area contributed by atoms with E-state index in [4.69, 9.17) is 5.73 Å². The van der Waals surface area contributed by atoms with E-state index in [9.17, 15) is 31.1 Å². The van der Waals surface area contributed by atoms with Crippen LogP contribution >= 0.6 is 12.4 Å². The first kappa shape index (κ1) is 23.3. The van der Waals surface area contributed by atoms with Gasteiger partial charge in [-0.25, -0.2) is 0 Å². The molecular weight excluding hydrogens is 380 g/mol. The molecule has 0 radical (unpaired) electrons. The lowest BCUT2D eigenvalue weighted by Crippen LogP contribution is -2.23. The van der Waals surface area contributed by atoms with Crippen LogP contribution in [0.3, 0.4) is 0 Å². The van der Waals surface area contributed by atoms with Gasteiger partial charge in [-0.15, -0.1) is 12.4 Å². The van der Waals surface area contributed by atoms with Crippen LogP contribution in [0.25, 0.3) is 0 Å². The molecular formula is C14H16ClF6NO3. The summed E-state index contributed by atoms with van der Waals surface area (Å²) in [6.45, 7) is 1.48. The minimum atomic E-state index is -5.11. The molecule has 0 spiro atoms. The second-order valence-electron chi connectivity index (χ2n) is 4.75. The van der Waals surface area contributed by atoms with Crippen molar-refractivity contribution in [1.82, 2.24) is 0 Å². The molecule has 25 heavy (non-hydrogen) atoms. The highest BCUT2D eigenvalue weighted by molar-refractivity contribution is 5.85. The maximum atomic E-state index is 13.2. The summed E-state index contributed by atoms with van der Waals surface area (Å²) in [4.78, 5) is 11.4. The van der Waals surface area contributed by atoms with Crippen LogP contribution in [0.4, 0.5) is 26.3 Å². The predicted molar refractivity (Wildman–Crippen MR) is 78.4 cm³/mol. The highest BCUT2D eigenvalue weighted by Gasteiger charge is 2.41. The number of carbonyl (C=O) groups excluding carboxylic acids is 1. The fourth-order valence-electron chi connectivity index (χ4n) is 2.08. The summed E-state index contributed by atoms with van der Waals surface area (Å²) in [5, 5.41) is 0. The molecule has 0 saturated heterocycles. The lowest BCUT2D eigenvalue weighted by molar-refractivity contribution is -0.146. The number of ether oxygens (including phenoxy) is 2. The van der Waals surface area contributed by atoms with Crippen LogP contribution in [0.2, 0.25) is 0 Å². The molecule has 144 valence electrons. The van der Waals surface area contributed by atoms with Gasteiger partial charge >= 0.3 is 18.3 Å². The average Bonchev–Trinajstić information content (AvgIpc) is 2.43. The molecule has 1 aromatic carbocycles. The fourth-order valence-corrected chi connectivity index (χ4v) is 2.08. The Kier molecular flexibility index (Phi) is 8.03. The van der Waals surface area contributed by atoms with Crippen molar-refractivity contribution in [2.75, 3.05) is 13.7 Å². The first-order chi connectivity index (χ1) is 10.9. The number of hydrogen-bond acceptors (Lipinski definition) is 4. The number of alkyl halides is 6. The molecule has 11 heteroatoms. The van der Waals surface area contributed by atoms with Gasteiger partial charge in [0.25, 0.3) is 0 Å². The SMILES string of the molecule is CCOC(=O)C[C@H](N)c1c(OC)cc(C(F)(F)F)cc1C(F)(F)F.Cl. The minimum Gasteiger partial charge on any atom is -0.496 e. The molecule has 0 aromatic heterocycles. The maximum absolute atomic E-state index is 13.2. The Morgan fingerprint density at radius 2 is 1.72 bits per heavy atom. The third-order valence-electron chi connectivity index (χ3n) is 3.06. The highest BCUT2D eigenvalue weighted by atomic mass is 35.5. The monoisotopic (exact) mass is 395 g/mol. The van der Waals surface area contributed by atoms with E-state index in [-0.39, 0.29) is 25.1 Å². The molecule has 0 aliphatic carbocycles. The molecule has 2 N–H and O–H groups in total. The van der Waals surface area contributed by atoms with Gasteiger partial charge in [0.05, 0.1) is 31.3 Å². The second-order valence-corrected chi connectivity index (χ2v) is 4.75. The normalized spacial score (nSPS) is 13.0. The Labute approximate surface area is 145 Å². The van der Waals surface area contributed by atoms with Gasteiger partial charge in [0.15, 0.2) is 0 Å². The molecule has 1 aromatic rings. The second kappa shape index (κ2) is 8.61. The summed E-state index contributed by atoms with van der Waals surface area (Å²) in [5.41, 5.74) is 1.73. The van der Waals surface area contributed by atoms with Crippen molar-refractivity contribution < 1.29 is 40.6 Å². The van der Waals surface area contributed by atoms with Gasteiger partial charge in [0.1, 0.15) is 5.75 Å². The van der Waals surface area contributed by atoms with Crippen LogP contribution in [0.5, 0.6) is 5.75 Å². The van der Waals surface area contributed by atoms with Gasteiger partial charge in [-0.3, -0.25) is 4.79 Å². The molecule has 0 unspecified atom stereocenters. The Bertz CT molecular complexity index is 603. The predicted octanol–water partition coefficient (Wildman–Crippen LogP) is 4.11. The Morgan fingerprint density at radius 3 is 2.12 bits per heavy atom. The van der Waals surface area contributed by atoms with E-state index in [0.29, 0.717) is 6.07 Å². The topological polar surface area (TPSA) is 61.5 Å².